The standard InChI is InChI=1S/C26H20BrFN4O3/c1-35-23-5-3-16(12-29-23)25-26-17(13-30-25)2-4-21(31-26)15-6-7-32(24(34)10-15)22(14-33)18-8-19(27)11-20(28)9-18/h2-12,22,33H,13-14H2,1H3/t22-/m1/s1. The molecule has 4 heterocycles. The lowest BCUT2D eigenvalue weighted by Crippen LogP contribution is -2.27. The van der Waals surface area contributed by atoms with Crippen molar-refractivity contribution in [3.63, 3.8) is 0 Å². The number of aliphatic hydroxyl groups is 1. The number of nitrogens with zero attached hydrogens (tertiary/aromatic N) is 4. The average Bonchev–Trinajstić information content (AvgIpc) is 3.28. The molecule has 0 saturated heterocycles. The zero-order chi connectivity index (χ0) is 24.5. The van der Waals surface area contributed by atoms with Gasteiger partial charge in [0.05, 0.1) is 43.4 Å². The quantitative estimate of drug-likeness (QED) is 0.401. The molecule has 3 aromatic heterocycles. The number of hydrogen-bond donors (Lipinski definition) is 1. The van der Waals surface area contributed by atoms with Gasteiger partial charge in [0.15, 0.2) is 0 Å². The highest BCUT2D eigenvalue weighted by molar-refractivity contribution is 9.10. The van der Waals surface area contributed by atoms with Crippen LogP contribution in [0.3, 0.4) is 0 Å². The van der Waals surface area contributed by atoms with Crippen LogP contribution in [-0.2, 0) is 6.54 Å². The average molecular weight is 535 g/mol. The van der Waals surface area contributed by atoms with Crippen LogP contribution >= 0.6 is 15.9 Å². The highest BCUT2D eigenvalue weighted by Crippen LogP contribution is 2.27. The fourth-order valence-electron chi connectivity index (χ4n) is 4.12. The first-order chi connectivity index (χ1) is 17.0. The van der Waals surface area contributed by atoms with E-state index >= 15 is 0 Å². The topological polar surface area (TPSA) is 89.6 Å². The van der Waals surface area contributed by atoms with Crippen LogP contribution in [-0.4, -0.2) is 39.1 Å². The highest BCUT2D eigenvalue weighted by atomic mass is 79.9. The lowest BCUT2D eigenvalue weighted by Gasteiger charge is -2.19. The second kappa shape index (κ2) is 9.52. The van der Waals surface area contributed by atoms with Gasteiger partial charge in [0.25, 0.3) is 5.56 Å². The highest BCUT2D eigenvalue weighted by Gasteiger charge is 2.21. The van der Waals surface area contributed by atoms with Crippen LogP contribution in [0.2, 0.25) is 0 Å². The Labute approximate surface area is 208 Å². The van der Waals surface area contributed by atoms with Gasteiger partial charge in [-0.15, -0.1) is 0 Å². The van der Waals surface area contributed by atoms with Gasteiger partial charge in [-0.05, 0) is 42.0 Å². The summed E-state index contributed by atoms with van der Waals surface area (Å²) in [6.45, 7) is 0.162. The Morgan fingerprint density at radius 3 is 2.69 bits per heavy atom. The van der Waals surface area contributed by atoms with Crippen LogP contribution in [0, 0.1) is 5.82 Å². The van der Waals surface area contributed by atoms with Gasteiger partial charge < -0.3 is 14.4 Å². The summed E-state index contributed by atoms with van der Waals surface area (Å²) in [7, 11) is 1.56. The molecule has 0 fully saturated rings. The summed E-state index contributed by atoms with van der Waals surface area (Å²) < 4.78 is 20.9. The number of ether oxygens (including phenoxy) is 1. The van der Waals surface area contributed by atoms with Crippen molar-refractivity contribution >= 4 is 21.6 Å². The van der Waals surface area contributed by atoms with Crippen LogP contribution in [0.1, 0.15) is 28.4 Å². The Bertz CT molecular complexity index is 1480. The molecular weight excluding hydrogens is 515 g/mol. The monoisotopic (exact) mass is 534 g/mol. The van der Waals surface area contributed by atoms with Crippen LogP contribution < -0.4 is 10.3 Å². The molecule has 0 radical (unpaired) electrons. The maximum absolute atomic E-state index is 13.9. The van der Waals surface area contributed by atoms with Crippen molar-refractivity contribution in [2.75, 3.05) is 13.7 Å². The van der Waals surface area contributed by atoms with E-state index in [0.717, 1.165) is 22.5 Å². The summed E-state index contributed by atoms with van der Waals surface area (Å²) >= 11 is 3.26. The van der Waals surface area contributed by atoms with E-state index in [9.17, 15) is 14.3 Å². The summed E-state index contributed by atoms with van der Waals surface area (Å²) in [6.07, 6.45) is 3.29. The molecule has 35 heavy (non-hydrogen) atoms. The molecular formula is C26H20BrFN4O3. The number of pyridine rings is 3. The molecule has 0 unspecified atom stereocenters. The summed E-state index contributed by atoms with van der Waals surface area (Å²) in [4.78, 5) is 26.7. The number of fused-ring (bicyclic) bond motifs is 1. The van der Waals surface area contributed by atoms with Gasteiger partial charge in [0.2, 0.25) is 5.88 Å². The van der Waals surface area contributed by atoms with E-state index in [0.29, 0.717) is 33.7 Å². The van der Waals surface area contributed by atoms with Crippen molar-refractivity contribution in [3.8, 4) is 17.1 Å². The molecule has 176 valence electrons. The predicted molar refractivity (Wildman–Crippen MR) is 133 cm³/mol. The van der Waals surface area contributed by atoms with Gasteiger partial charge in [-0.1, -0.05) is 22.0 Å². The third-order valence-corrected chi connectivity index (χ3v) is 6.31. The lowest BCUT2D eigenvalue weighted by atomic mass is 10.0. The minimum absolute atomic E-state index is 0.336. The summed E-state index contributed by atoms with van der Waals surface area (Å²) in [5.74, 6) is 0.0611. The maximum atomic E-state index is 13.9. The smallest absolute Gasteiger partial charge is 0.251 e. The molecule has 5 rings (SSSR count). The predicted octanol–water partition coefficient (Wildman–Crippen LogP) is 4.15. The Morgan fingerprint density at radius 2 is 2.00 bits per heavy atom. The molecule has 4 aromatic rings. The van der Waals surface area contributed by atoms with Crippen LogP contribution in [0.4, 0.5) is 4.39 Å². The largest absolute Gasteiger partial charge is 0.481 e. The Morgan fingerprint density at radius 1 is 1.14 bits per heavy atom. The van der Waals surface area contributed by atoms with E-state index < -0.39 is 11.9 Å². The van der Waals surface area contributed by atoms with Crippen LogP contribution in [0.5, 0.6) is 5.88 Å². The van der Waals surface area contributed by atoms with Gasteiger partial charge >= 0.3 is 0 Å². The fraction of sp³-hybridized carbons (Fsp3) is 0.154. The molecule has 1 aliphatic rings. The molecule has 1 aliphatic heterocycles. The number of halogens is 2. The summed E-state index contributed by atoms with van der Waals surface area (Å²) in [5.41, 5.74) is 4.71. The number of rotatable bonds is 6. The normalized spacial score (nSPS) is 13.3. The van der Waals surface area contributed by atoms with Crippen LogP contribution in [0.25, 0.3) is 11.3 Å². The van der Waals surface area contributed by atoms with Crippen molar-refractivity contribution in [1.82, 2.24) is 14.5 Å². The zero-order valence-electron chi connectivity index (χ0n) is 18.7. The third kappa shape index (κ3) is 4.52. The zero-order valence-corrected chi connectivity index (χ0v) is 20.2. The summed E-state index contributed by atoms with van der Waals surface area (Å²) in [5, 5.41) is 9.97. The van der Waals surface area contributed by atoms with Crippen molar-refractivity contribution < 1.29 is 14.2 Å². The molecule has 1 N–H and O–H groups in total. The van der Waals surface area contributed by atoms with Gasteiger partial charge in [-0.25, -0.2) is 14.4 Å². The van der Waals surface area contributed by atoms with Crippen molar-refractivity contribution in [2.45, 2.75) is 12.6 Å². The van der Waals surface area contributed by atoms with E-state index in [1.807, 2.05) is 18.2 Å². The van der Waals surface area contributed by atoms with E-state index in [2.05, 4.69) is 25.9 Å². The Kier molecular flexibility index (Phi) is 6.27. The number of aromatic nitrogens is 3. The van der Waals surface area contributed by atoms with Gasteiger partial charge in [-0.3, -0.25) is 9.79 Å². The number of benzene rings is 1. The molecule has 0 spiro atoms. The number of aliphatic hydroxyl groups excluding tert-OH is 1. The SMILES string of the molecule is COc1ccc(C2=NCc3ccc(-c4ccn([C@H](CO)c5cc(F)cc(Br)c5)c(=O)c4)nc32)cn1. The van der Waals surface area contributed by atoms with E-state index in [-0.39, 0.29) is 12.2 Å². The molecule has 9 heteroatoms. The Balaban J connectivity index is 1.48. The number of aliphatic imine (C=N–C) groups is 1. The lowest BCUT2D eigenvalue weighted by molar-refractivity contribution is 0.246. The first-order valence-corrected chi connectivity index (χ1v) is 11.6. The van der Waals surface area contributed by atoms with E-state index in [1.165, 1.54) is 22.8 Å². The minimum atomic E-state index is -0.724. The van der Waals surface area contributed by atoms with E-state index in [1.54, 1.807) is 37.7 Å². The summed E-state index contributed by atoms with van der Waals surface area (Å²) in [6, 6.07) is 14.3. The van der Waals surface area contributed by atoms with Crippen molar-refractivity contribution in [1.29, 1.82) is 0 Å². The maximum Gasteiger partial charge on any atom is 0.251 e. The molecule has 0 aliphatic carbocycles. The van der Waals surface area contributed by atoms with Gasteiger partial charge in [0.1, 0.15) is 5.82 Å². The number of methoxy groups -OCH3 is 1. The first kappa shape index (κ1) is 23.1. The molecule has 1 atom stereocenters. The van der Waals surface area contributed by atoms with Crippen LogP contribution in [0.15, 0.2) is 81.3 Å². The second-order valence-corrected chi connectivity index (χ2v) is 8.94. The second-order valence-electron chi connectivity index (χ2n) is 8.02. The van der Waals surface area contributed by atoms with E-state index in [4.69, 9.17) is 9.72 Å². The minimum Gasteiger partial charge on any atom is -0.481 e. The molecule has 0 bridgehead atoms. The van der Waals surface area contributed by atoms with Crippen molar-refractivity contribution in [3.05, 3.63) is 110 Å². The number of hydrogen-bond acceptors (Lipinski definition) is 6. The fourth-order valence-corrected chi connectivity index (χ4v) is 4.60. The van der Waals surface area contributed by atoms with Gasteiger partial charge in [-0.2, -0.15) is 0 Å². The molecule has 7 nitrogen and oxygen atoms in total. The van der Waals surface area contributed by atoms with Crippen molar-refractivity contribution in [2.24, 2.45) is 4.99 Å². The third-order valence-electron chi connectivity index (χ3n) is 5.85. The van der Waals surface area contributed by atoms with Gasteiger partial charge in [0, 0.05) is 45.7 Å². The first-order valence-electron chi connectivity index (χ1n) is 10.8. The molecule has 0 amide bonds. The Hall–Kier alpha value is -3.69. The molecule has 0 saturated carbocycles. The molecule has 1 aromatic carbocycles.